The number of carbonyl (C=O) groups excluding carboxylic acids is 1. The molecule has 0 atom stereocenters. The maximum atomic E-state index is 11.3. The third-order valence-electron chi connectivity index (χ3n) is 2.13. The van der Waals surface area contributed by atoms with Gasteiger partial charge in [-0.25, -0.2) is 4.79 Å². The molecule has 17 heavy (non-hydrogen) atoms. The molecule has 0 spiro atoms. The Morgan fingerprint density at radius 3 is 2.59 bits per heavy atom. The van der Waals surface area contributed by atoms with Gasteiger partial charge in [0, 0.05) is 6.08 Å². The smallest absolute Gasteiger partial charge is 0.331 e. The zero-order chi connectivity index (χ0) is 13.1. The molecule has 0 saturated heterocycles. The van der Waals surface area contributed by atoms with E-state index in [4.69, 9.17) is 4.74 Å². The first kappa shape index (κ1) is 15.4. The van der Waals surface area contributed by atoms with Gasteiger partial charge in [-0.2, -0.15) is 0 Å². The molecule has 0 aromatic carbocycles. The van der Waals surface area contributed by atoms with Crippen LogP contribution in [0.2, 0.25) is 0 Å². The number of hydrogen-bond acceptors (Lipinski definition) is 2. The third kappa shape index (κ3) is 9.36. The van der Waals surface area contributed by atoms with Gasteiger partial charge >= 0.3 is 5.97 Å². The minimum atomic E-state index is -0.273. The summed E-state index contributed by atoms with van der Waals surface area (Å²) in [5, 5.41) is 0. The summed E-state index contributed by atoms with van der Waals surface area (Å²) >= 11 is 0. The lowest BCUT2D eigenvalue weighted by molar-refractivity contribution is -0.137. The highest BCUT2D eigenvalue weighted by molar-refractivity contribution is 5.83. The van der Waals surface area contributed by atoms with Crippen molar-refractivity contribution in [2.24, 2.45) is 0 Å². The van der Waals surface area contributed by atoms with Gasteiger partial charge in [-0.05, 0) is 25.8 Å². The Hall–Kier alpha value is -1.57. The molecule has 94 valence electrons. The van der Waals surface area contributed by atoms with E-state index in [-0.39, 0.29) is 5.97 Å². The van der Waals surface area contributed by atoms with Gasteiger partial charge in [0.2, 0.25) is 0 Å². The molecule has 2 heteroatoms. The lowest BCUT2D eigenvalue weighted by Gasteiger charge is -1.99. The van der Waals surface area contributed by atoms with Crippen LogP contribution in [0, 0.1) is 0 Å². The van der Waals surface area contributed by atoms with Gasteiger partial charge in [0.15, 0.2) is 0 Å². The molecule has 0 amide bonds. The normalized spacial score (nSPS) is 12.9. The summed E-state index contributed by atoms with van der Waals surface area (Å²) in [7, 11) is 0. The van der Waals surface area contributed by atoms with Crippen LogP contribution < -0.4 is 0 Å². The van der Waals surface area contributed by atoms with Crippen LogP contribution in [-0.4, -0.2) is 12.6 Å². The molecule has 2 nitrogen and oxygen atoms in total. The van der Waals surface area contributed by atoms with Gasteiger partial charge in [0.1, 0.15) is 0 Å². The van der Waals surface area contributed by atoms with Crippen LogP contribution >= 0.6 is 0 Å². The summed E-state index contributed by atoms with van der Waals surface area (Å²) in [5.74, 6) is -0.273. The largest absolute Gasteiger partial charge is 0.463 e. The first-order chi connectivity index (χ1) is 8.10. The molecule has 0 N–H and O–H groups in total. The molecule has 0 aromatic heterocycles. The Morgan fingerprint density at radius 2 is 2.00 bits per heavy atom. The number of rotatable bonds is 7. The van der Waals surface area contributed by atoms with Crippen LogP contribution in [0.4, 0.5) is 0 Å². The highest BCUT2D eigenvalue weighted by atomic mass is 16.5. The summed E-state index contributed by atoms with van der Waals surface area (Å²) in [6.45, 7) is 10.1. The van der Waals surface area contributed by atoms with Crippen molar-refractivity contribution in [3.63, 3.8) is 0 Å². The fourth-order valence-electron chi connectivity index (χ4n) is 1.01. The number of carbonyl (C=O) groups is 1. The topological polar surface area (TPSA) is 26.3 Å². The van der Waals surface area contributed by atoms with E-state index < -0.39 is 0 Å². The predicted octanol–water partition coefficient (Wildman–Crippen LogP) is 3.96. The molecule has 0 unspecified atom stereocenters. The average molecular weight is 234 g/mol. The second-order valence-electron chi connectivity index (χ2n) is 3.88. The molecule has 0 aliphatic carbocycles. The molecule has 0 aliphatic heterocycles. The van der Waals surface area contributed by atoms with Gasteiger partial charge in [0.25, 0.3) is 0 Å². The van der Waals surface area contributed by atoms with Crippen LogP contribution in [-0.2, 0) is 9.53 Å². The summed E-state index contributed by atoms with van der Waals surface area (Å²) in [6.07, 6.45) is 10.9. The van der Waals surface area contributed by atoms with E-state index in [1.54, 1.807) is 6.08 Å². The number of esters is 1. The zero-order valence-corrected chi connectivity index (χ0v) is 11.0. The molecule has 0 radical (unpaired) electrons. The van der Waals surface area contributed by atoms with E-state index in [1.165, 1.54) is 6.08 Å². The Labute approximate surface area is 104 Å². The Morgan fingerprint density at radius 1 is 1.29 bits per heavy atom. The third-order valence-corrected chi connectivity index (χ3v) is 2.13. The van der Waals surface area contributed by atoms with E-state index in [2.05, 4.69) is 13.5 Å². The van der Waals surface area contributed by atoms with E-state index in [0.717, 1.165) is 24.0 Å². The Balaban J connectivity index is 4.16. The maximum Gasteiger partial charge on any atom is 0.331 e. The highest BCUT2D eigenvalue weighted by Gasteiger charge is 1.96. The van der Waals surface area contributed by atoms with Crippen LogP contribution in [0.3, 0.4) is 0 Å². The van der Waals surface area contributed by atoms with E-state index in [0.29, 0.717) is 6.61 Å². The van der Waals surface area contributed by atoms with Gasteiger partial charge in [-0.3, -0.25) is 0 Å². The van der Waals surface area contributed by atoms with Crippen LogP contribution in [0.5, 0.6) is 0 Å². The fourth-order valence-corrected chi connectivity index (χ4v) is 1.01. The monoisotopic (exact) mass is 234 g/mol. The maximum absolute atomic E-state index is 11.3. The molecule has 0 aliphatic rings. The highest BCUT2D eigenvalue weighted by Crippen LogP contribution is 2.00. The Kier molecular flexibility index (Phi) is 8.75. The van der Waals surface area contributed by atoms with Gasteiger partial charge in [0.05, 0.1) is 6.61 Å². The average Bonchev–Trinajstić information content (AvgIpc) is 2.29. The lowest BCUT2D eigenvalue weighted by Crippen LogP contribution is -2.02. The zero-order valence-electron chi connectivity index (χ0n) is 11.0. The quantitative estimate of drug-likeness (QED) is 0.288. The van der Waals surface area contributed by atoms with E-state index in [1.807, 2.05) is 32.1 Å². The van der Waals surface area contributed by atoms with Crippen molar-refractivity contribution >= 4 is 5.97 Å². The standard InChI is InChI=1S/C15H22O2/c1-5-7-11-17-15(16)12-14(4)10-8-9-13(3)6-2/h6,8-10,12H,2,5,7,11H2,1,3-4H3/b10-8+,13-9+,14-12+. The van der Waals surface area contributed by atoms with Crippen molar-refractivity contribution in [3.8, 4) is 0 Å². The molecule has 0 aromatic rings. The number of unbranched alkanes of at least 4 members (excludes halogenated alkanes) is 1. The van der Waals surface area contributed by atoms with Crippen LogP contribution in [0.25, 0.3) is 0 Å². The van der Waals surface area contributed by atoms with Crippen molar-refractivity contribution in [1.29, 1.82) is 0 Å². The van der Waals surface area contributed by atoms with Crippen molar-refractivity contribution in [2.45, 2.75) is 33.6 Å². The molecule has 0 saturated carbocycles. The van der Waals surface area contributed by atoms with Crippen molar-refractivity contribution in [3.05, 3.63) is 48.1 Å². The molecule has 0 rings (SSSR count). The molecular formula is C15H22O2. The molecule has 0 fully saturated rings. The first-order valence-corrected chi connectivity index (χ1v) is 5.92. The number of hydrogen-bond donors (Lipinski definition) is 0. The number of ether oxygens (including phenoxy) is 1. The van der Waals surface area contributed by atoms with Gasteiger partial charge < -0.3 is 4.74 Å². The minimum absolute atomic E-state index is 0.273. The fraction of sp³-hybridized carbons (Fsp3) is 0.400. The van der Waals surface area contributed by atoms with Crippen molar-refractivity contribution < 1.29 is 9.53 Å². The SMILES string of the molecule is C=C/C(C)=C/C=C/C(C)=C/C(=O)OCCCC. The van der Waals surface area contributed by atoms with E-state index >= 15 is 0 Å². The molecular weight excluding hydrogens is 212 g/mol. The molecule has 0 bridgehead atoms. The van der Waals surface area contributed by atoms with Crippen molar-refractivity contribution in [2.75, 3.05) is 6.61 Å². The Bertz CT molecular complexity index is 333. The molecule has 0 heterocycles. The predicted molar refractivity (Wildman–Crippen MR) is 72.7 cm³/mol. The first-order valence-electron chi connectivity index (χ1n) is 5.92. The second-order valence-corrected chi connectivity index (χ2v) is 3.88. The van der Waals surface area contributed by atoms with E-state index in [9.17, 15) is 4.79 Å². The van der Waals surface area contributed by atoms with Crippen LogP contribution in [0.1, 0.15) is 33.6 Å². The summed E-state index contributed by atoms with van der Waals surface area (Å²) < 4.78 is 5.02. The summed E-state index contributed by atoms with van der Waals surface area (Å²) in [5.41, 5.74) is 1.96. The van der Waals surface area contributed by atoms with Crippen molar-refractivity contribution in [1.82, 2.24) is 0 Å². The summed E-state index contributed by atoms with van der Waals surface area (Å²) in [4.78, 5) is 11.3. The minimum Gasteiger partial charge on any atom is -0.463 e. The summed E-state index contributed by atoms with van der Waals surface area (Å²) in [6, 6.07) is 0. The van der Waals surface area contributed by atoms with Gasteiger partial charge in [-0.15, -0.1) is 0 Å². The number of allylic oxidation sites excluding steroid dienone is 6. The van der Waals surface area contributed by atoms with Gasteiger partial charge in [-0.1, -0.05) is 49.8 Å². The lowest BCUT2D eigenvalue weighted by atomic mass is 10.2. The van der Waals surface area contributed by atoms with Crippen LogP contribution in [0.15, 0.2) is 48.1 Å². The second kappa shape index (κ2) is 9.64.